The number of nitrogens with two attached hydrogens (primary N) is 2. The van der Waals surface area contributed by atoms with Crippen molar-refractivity contribution in [3.05, 3.63) is 30.6 Å². The predicted octanol–water partition coefficient (Wildman–Crippen LogP) is 2.49. The number of fused-ring (bicyclic) bond motifs is 1. The Labute approximate surface area is 139 Å². The Morgan fingerprint density at radius 1 is 0.875 bits per heavy atom. The molecule has 0 aliphatic rings. The molecule has 4 N–H and O–H groups in total. The van der Waals surface area contributed by atoms with E-state index in [0.717, 1.165) is 0 Å². The van der Waals surface area contributed by atoms with Crippen LogP contribution in [0.3, 0.4) is 0 Å². The maximum Gasteiger partial charge on any atom is 0.204 e. The minimum atomic E-state index is 0.464. The highest BCUT2D eigenvalue weighted by Gasteiger charge is 2.21. The molecule has 0 bridgehead atoms. The summed E-state index contributed by atoms with van der Waals surface area (Å²) in [5.74, 6) is 1.46. The zero-order valence-electron chi connectivity index (χ0n) is 13.7. The molecular formula is C17H18N4O3. The molecule has 0 radical (unpaired) electrons. The second kappa shape index (κ2) is 6.11. The fourth-order valence-corrected chi connectivity index (χ4v) is 2.67. The number of hydrogen-bond acceptors (Lipinski definition) is 7. The Bertz CT molecular complexity index is 912. The molecule has 0 amide bonds. The lowest BCUT2D eigenvalue weighted by Gasteiger charge is -2.16. The van der Waals surface area contributed by atoms with Gasteiger partial charge in [-0.05, 0) is 18.2 Å². The van der Waals surface area contributed by atoms with Crippen molar-refractivity contribution in [1.82, 2.24) is 9.97 Å². The molecule has 0 saturated heterocycles. The van der Waals surface area contributed by atoms with E-state index in [4.69, 9.17) is 25.7 Å². The van der Waals surface area contributed by atoms with Gasteiger partial charge in [-0.25, -0.2) is 9.97 Å². The SMILES string of the molecule is COc1cc2ncnc(-c3cc(N)ccc3N)c2c(OC)c1OC. The predicted molar refractivity (Wildman–Crippen MR) is 93.5 cm³/mol. The highest BCUT2D eigenvalue weighted by molar-refractivity contribution is 6.02. The van der Waals surface area contributed by atoms with Gasteiger partial charge in [0.2, 0.25) is 5.75 Å². The molecule has 0 atom stereocenters. The summed E-state index contributed by atoms with van der Waals surface area (Å²) in [6, 6.07) is 7.02. The number of nitrogens with zero attached hydrogens (tertiary/aromatic N) is 2. The van der Waals surface area contributed by atoms with Gasteiger partial charge in [-0.15, -0.1) is 0 Å². The number of methoxy groups -OCH3 is 3. The Balaban J connectivity index is 2.44. The molecule has 7 nitrogen and oxygen atoms in total. The summed E-state index contributed by atoms with van der Waals surface area (Å²) >= 11 is 0. The molecule has 1 heterocycles. The smallest absolute Gasteiger partial charge is 0.204 e. The van der Waals surface area contributed by atoms with E-state index in [-0.39, 0.29) is 0 Å². The van der Waals surface area contributed by atoms with Gasteiger partial charge in [0, 0.05) is 23.0 Å². The van der Waals surface area contributed by atoms with Crippen molar-refractivity contribution < 1.29 is 14.2 Å². The number of benzene rings is 2. The highest BCUT2D eigenvalue weighted by Crippen LogP contribution is 2.46. The second-order valence-electron chi connectivity index (χ2n) is 5.11. The van der Waals surface area contributed by atoms with Crippen molar-refractivity contribution >= 4 is 22.3 Å². The molecule has 7 heteroatoms. The number of anilines is 2. The first-order valence-corrected chi connectivity index (χ1v) is 7.19. The summed E-state index contributed by atoms with van der Waals surface area (Å²) in [5, 5.41) is 0.676. The van der Waals surface area contributed by atoms with Crippen LogP contribution in [-0.2, 0) is 0 Å². The molecule has 3 aromatic rings. The fourth-order valence-electron chi connectivity index (χ4n) is 2.67. The summed E-state index contributed by atoms with van der Waals surface area (Å²) in [6.45, 7) is 0. The van der Waals surface area contributed by atoms with E-state index < -0.39 is 0 Å². The van der Waals surface area contributed by atoms with E-state index in [1.54, 1.807) is 45.6 Å². The van der Waals surface area contributed by atoms with E-state index in [9.17, 15) is 0 Å². The molecule has 0 unspecified atom stereocenters. The van der Waals surface area contributed by atoms with E-state index in [2.05, 4.69) is 9.97 Å². The van der Waals surface area contributed by atoms with Crippen LogP contribution in [0, 0.1) is 0 Å². The van der Waals surface area contributed by atoms with E-state index >= 15 is 0 Å². The van der Waals surface area contributed by atoms with Crippen molar-refractivity contribution in [1.29, 1.82) is 0 Å². The van der Waals surface area contributed by atoms with Gasteiger partial charge in [-0.1, -0.05) is 0 Å². The van der Waals surface area contributed by atoms with Crippen molar-refractivity contribution in [2.24, 2.45) is 0 Å². The van der Waals surface area contributed by atoms with Gasteiger partial charge in [0.05, 0.1) is 37.9 Å². The summed E-state index contributed by atoms with van der Waals surface area (Å²) in [7, 11) is 4.65. The zero-order chi connectivity index (χ0) is 17.3. The Morgan fingerprint density at radius 2 is 1.62 bits per heavy atom. The largest absolute Gasteiger partial charge is 0.493 e. The minimum absolute atomic E-state index is 0.464. The van der Waals surface area contributed by atoms with Gasteiger partial charge < -0.3 is 25.7 Å². The van der Waals surface area contributed by atoms with E-state index in [0.29, 0.717) is 50.8 Å². The molecule has 0 aliphatic heterocycles. The first-order chi connectivity index (χ1) is 11.6. The van der Waals surface area contributed by atoms with E-state index in [1.165, 1.54) is 6.33 Å². The third-order valence-electron chi connectivity index (χ3n) is 3.76. The van der Waals surface area contributed by atoms with Gasteiger partial charge in [-0.2, -0.15) is 0 Å². The quantitative estimate of drug-likeness (QED) is 0.709. The second-order valence-corrected chi connectivity index (χ2v) is 5.11. The molecule has 0 saturated carbocycles. The molecule has 2 aromatic carbocycles. The molecule has 1 aromatic heterocycles. The third-order valence-corrected chi connectivity index (χ3v) is 3.76. The standard InChI is InChI=1S/C17H18N4O3/c1-22-13-7-12-14(17(24-3)16(13)23-2)15(21-8-20-12)10-6-9(18)4-5-11(10)19/h4-8H,18-19H2,1-3H3. The summed E-state index contributed by atoms with van der Waals surface area (Å²) in [5.41, 5.74) is 15.1. The van der Waals surface area contributed by atoms with Crippen LogP contribution in [0.15, 0.2) is 30.6 Å². The summed E-state index contributed by atoms with van der Waals surface area (Å²) in [6.07, 6.45) is 1.46. The van der Waals surface area contributed by atoms with Crippen molar-refractivity contribution in [2.75, 3.05) is 32.8 Å². The maximum absolute atomic E-state index is 6.12. The fraction of sp³-hybridized carbons (Fsp3) is 0.176. The van der Waals surface area contributed by atoms with Gasteiger partial charge in [0.15, 0.2) is 11.5 Å². The van der Waals surface area contributed by atoms with Gasteiger partial charge >= 0.3 is 0 Å². The molecule has 24 heavy (non-hydrogen) atoms. The topological polar surface area (TPSA) is 106 Å². The van der Waals surface area contributed by atoms with E-state index in [1.807, 2.05) is 0 Å². The highest BCUT2D eigenvalue weighted by atomic mass is 16.5. The Kier molecular flexibility index (Phi) is 3.99. The van der Waals surface area contributed by atoms with Crippen LogP contribution in [0.1, 0.15) is 0 Å². The van der Waals surface area contributed by atoms with Gasteiger partial charge in [0.25, 0.3) is 0 Å². The number of nitrogen functional groups attached to an aromatic ring is 2. The van der Waals surface area contributed by atoms with Crippen molar-refractivity contribution in [2.45, 2.75) is 0 Å². The molecule has 0 fully saturated rings. The zero-order valence-corrected chi connectivity index (χ0v) is 13.7. The lowest BCUT2D eigenvalue weighted by molar-refractivity contribution is 0.327. The van der Waals surface area contributed by atoms with Crippen LogP contribution in [0.4, 0.5) is 11.4 Å². The van der Waals surface area contributed by atoms with Crippen LogP contribution in [-0.4, -0.2) is 31.3 Å². The average Bonchev–Trinajstić information content (AvgIpc) is 2.61. The normalized spacial score (nSPS) is 10.6. The maximum atomic E-state index is 6.12. The Hall–Kier alpha value is -3.22. The Morgan fingerprint density at radius 3 is 2.29 bits per heavy atom. The molecule has 0 spiro atoms. The van der Waals surface area contributed by atoms with Crippen LogP contribution < -0.4 is 25.7 Å². The van der Waals surface area contributed by atoms with Crippen LogP contribution in [0.2, 0.25) is 0 Å². The minimum Gasteiger partial charge on any atom is -0.493 e. The summed E-state index contributed by atoms with van der Waals surface area (Å²) < 4.78 is 16.4. The number of ether oxygens (including phenoxy) is 3. The lowest BCUT2D eigenvalue weighted by Crippen LogP contribution is -2.00. The van der Waals surface area contributed by atoms with Crippen LogP contribution in [0.5, 0.6) is 17.2 Å². The number of aromatic nitrogens is 2. The number of rotatable bonds is 4. The lowest BCUT2D eigenvalue weighted by atomic mass is 10.0. The number of hydrogen-bond donors (Lipinski definition) is 2. The van der Waals surface area contributed by atoms with Crippen LogP contribution >= 0.6 is 0 Å². The molecule has 124 valence electrons. The summed E-state index contributed by atoms with van der Waals surface area (Å²) in [4.78, 5) is 8.71. The van der Waals surface area contributed by atoms with Gasteiger partial charge in [-0.3, -0.25) is 0 Å². The molecule has 0 aliphatic carbocycles. The third kappa shape index (κ3) is 2.40. The average molecular weight is 326 g/mol. The van der Waals surface area contributed by atoms with Crippen molar-refractivity contribution in [3.8, 4) is 28.5 Å². The molecule has 3 rings (SSSR count). The first-order valence-electron chi connectivity index (χ1n) is 7.19. The molecular weight excluding hydrogens is 308 g/mol. The monoisotopic (exact) mass is 326 g/mol. The first kappa shape index (κ1) is 15.7. The van der Waals surface area contributed by atoms with Crippen LogP contribution in [0.25, 0.3) is 22.2 Å². The van der Waals surface area contributed by atoms with Gasteiger partial charge in [0.1, 0.15) is 6.33 Å². The van der Waals surface area contributed by atoms with Crippen molar-refractivity contribution in [3.63, 3.8) is 0 Å².